The van der Waals surface area contributed by atoms with E-state index in [1.54, 1.807) is 7.11 Å². The van der Waals surface area contributed by atoms with Gasteiger partial charge in [-0.1, -0.05) is 86.7 Å². The molecule has 0 N–H and O–H groups in total. The number of hydrogen-bond donors (Lipinski definition) is 0. The molecule has 0 bridgehead atoms. The molecule has 0 aliphatic carbocycles. The molecule has 0 saturated carbocycles. The van der Waals surface area contributed by atoms with Crippen LogP contribution in [-0.4, -0.2) is 13.7 Å². The fraction of sp³-hybridized carbons (Fsp3) is 0.200. The molecule has 0 atom stereocenters. The molecule has 2 heteroatoms. The zero-order chi connectivity index (χ0) is 19.1. The second-order valence-corrected chi connectivity index (χ2v) is 6.43. The molecular formula is C25H26O2. The minimum atomic E-state index is 0.678. The number of hydrogen-bond acceptors (Lipinski definition) is 2. The van der Waals surface area contributed by atoms with E-state index >= 15 is 0 Å². The third-order valence-electron chi connectivity index (χ3n) is 4.60. The number of rotatable bonds is 8. The van der Waals surface area contributed by atoms with Gasteiger partial charge in [-0.3, -0.25) is 0 Å². The van der Waals surface area contributed by atoms with E-state index in [2.05, 4.69) is 49.9 Å². The molecule has 27 heavy (non-hydrogen) atoms. The first-order chi connectivity index (χ1) is 13.3. The quantitative estimate of drug-likeness (QED) is 0.422. The van der Waals surface area contributed by atoms with Gasteiger partial charge in [0.1, 0.15) is 11.5 Å². The normalized spacial score (nSPS) is 10.4. The van der Waals surface area contributed by atoms with Crippen molar-refractivity contribution in [1.29, 1.82) is 0 Å². The minimum Gasteiger partial charge on any atom is -0.496 e. The molecule has 0 aliphatic heterocycles. The highest BCUT2D eigenvalue weighted by Gasteiger charge is 2.17. The van der Waals surface area contributed by atoms with E-state index in [1.807, 2.05) is 36.4 Å². The summed E-state index contributed by atoms with van der Waals surface area (Å²) in [5.41, 5.74) is 5.11. The van der Waals surface area contributed by atoms with Crippen LogP contribution in [0.4, 0.5) is 0 Å². The van der Waals surface area contributed by atoms with E-state index in [0.29, 0.717) is 6.61 Å². The summed E-state index contributed by atoms with van der Waals surface area (Å²) in [6, 6.07) is 24.5. The summed E-state index contributed by atoms with van der Waals surface area (Å²) < 4.78 is 11.9. The Morgan fingerprint density at radius 1 is 0.852 bits per heavy atom. The minimum absolute atomic E-state index is 0.678. The lowest BCUT2D eigenvalue weighted by molar-refractivity contribution is 0.309. The number of ether oxygens (including phenoxy) is 2. The van der Waals surface area contributed by atoms with E-state index in [4.69, 9.17) is 9.47 Å². The van der Waals surface area contributed by atoms with Crippen molar-refractivity contribution in [3.05, 3.63) is 90.5 Å². The average Bonchev–Trinajstić information content (AvgIpc) is 2.74. The van der Waals surface area contributed by atoms with Gasteiger partial charge < -0.3 is 9.47 Å². The van der Waals surface area contributed by atoms with Crippen LogP contribution in [0, 0.1) is 0 Å². The van der Waals surface area contributed by atoms with Crippen LogP contribution >= 0.6 is 0 Å². The van der Waals surface area contributed by atoms with Crippen molar-refractivity contribution in [3.8, 4) is 22.6 Å². The van der Waals surface area contributed by atoms with Crippen molar-refractivity contribution in [2.75, 3.05) is 13.7 Å². The van der Waals surface area contributed by atoms with Gasteiger partial charge >= 0.3 is 0 Å². The zero-order valence-corrected chi connectivity index (χ0v) is 16.1. The Morgan fingerprint density at radius 2 is 1.56 bits per heavy atom. The molecule has 3 aromatic rings. The summed E-state index contributed by atoms with van der Waals surface area (Å²) in [6.07, 6.45) is 2.10. The van der Waals surface area contributed by atoms with Gasteiger partial charge in [-0.25, -0.2) is 0 Å². The highest BCUT2D eigenvalue weighted by atomic mass is 16.5. The van der Waals surface area contributed by atoms with Crippen molar-refractivity contribution < 1.29 is 9.47 Å². The Kier molecular flexibility index (Phi) is 6.32. The van der Waals surface area contributed by atoms with Crippen LogP contribution in [0.2, 0.25) is 0 Å². The SMILES string of the molecule is C=C(c1ccccc1)c1cccc(-c2ccccc2OC)c1OCCCC. The van der Waals surface area contributed by atoms with Gasteiger partial charge in [0.15, 0.2) is 0 Å². The van der Waals surface area contributed by atoms with E-state index in [0.717, 1.165) is 52.2 Å². The molecule has 0 saturated heterocycles. The zero-order valence-electron chi connectivity index (χ0n) is 16.1. The van der Waals surface area contributed by atoms with Crippen molar-refractivity contribution in [2.24, 2.45) is 0 Å². The van der Waals surface area contributed by atoms with Gasteiger partial charge in [-0.05, 0) is 23.6 Å². The maximum Gasteiger partial charge on any atom is 0.135 e. The summed E-state index contributed by atoms with van der Waals surface area (Å²) in [5.74, 6) is 1.70. The molecule has 0 heterocycles. The predicted octanol–water partition coefficient (Wildman–Crippen LogP) is 6.60. The molecular weight excluding hydrogens is 332 g/mol. The van der Waals surface area contributed by atoms with Crippen molar-refractivity contribution >= 4 is 5.57 Å². The number of methoxy groups -OCH3 is 1. The first kappa shape index (κ1) is 18.8. The molecule has 0 radical (unpaired) electrons. The highest BCUT2D eigenvalue weighted by molar-refractivity contribution is 5.87. The molecule has 138 valence electrons. The highest BCUT2D eigenvalue weighted by Crippen LogP contribution is 2.41. The van der Waals surface area contributed by atoms with Crippen LogP contribution < -0.4 is 9.47 Å². The van der Waals surface area contributed by atoms with Crippen molar-refractivity contribution in [2.45, 2.75) is 19.8 Å². The van der Waals surface area contributed by atoms with E-state index in [9.17, 15) is 0 Å². The topological polar surface area (TPSA) is 18.5 Å². The van der Waals surface area contributed by atoms with Crippen LogP contribution in [-0.2, 0) is 0 Å². The lowest BCUT2D eigenvalue weighted by atomic mass is 9.94. The monoisotopic (exact) mass is 358 g/mol. The molecule has 3 aromatic carbocycles. The standard InChI is InChI=1S/C25H26O2/c1-4-5-18-27-25-21(19(2)20-12-7-6-8-13-20)15-11-16-23(25)22-14-9-10-17-24(22)26-3/h6-17H,2,4-5,18H2,1,3H3. The Balaban J connectivity index is 2.12. The van der Waals surface area contributed by atoms with Gasteiger partial charge in [0.05, 0.1) is 13.7 Å². The van der Waals surface area contributed by atoms with E-state index in [1.165, 1.54) is 0 Å². The first-order valence-electron chi connectivity index (χ1n) is 9.40. The second-order valence-electron chi connectivity index (χ2n) is 6.43. The number of unbranched alkanes of at least 4 members (excludes halogenated alkanes) is 1. The van der Waals surface area contributed by atoms with Crippen LogP contribution in [0.25, 0.3) is 16.7 Å². The fourth-order valence-electron chi connectivity index (χ4n) is 3.12. The van der Waals surface area contributed by atoms with Crippen LogP contribution in [0.3, 0.4) is 0 Å². The molecule has 0 fully saturated rings. The van der Waals surface area contributed by atoms with Gasteiger partial charge in [-0.2, -0.15) is 0 Å². The lowest BCUT2D eigenvalue weighted by Crippen LogP contribution is -2.02. The second kappa shape index (κ2) is 9.09. The third kappa shape index (κ3) is 4.22. The molecule has 0 amide bonds. The van der Waals surface area contributed by atoms with Crippen LogP contribution in [0.1, 0.15) is 30.9 Å². The van der Waals surface area contributed by atoms with Crippen molar-refractivity contribution in [3.63, 3.8) is 0 Å². The first-order valence-corrected chi connectivity index (χ1v) is 9.40. The molecule has 3 rings (SSSR count). The van der Waals surface area contributed by atoms with Gasteiger partial charge in [0.2, 0.25) is 0 Å². The lowest BCUT2D eigenvalue weighted by Gasteiger charge is -2.19. The number of benzene rings is 3. The maximum absolute atomic E-state index is 6.29. The summed E-state index contributed by atoms with van der Waals surface area (Å²) in [6.45, 7) is 7.19. The largest absolute Gasteiger partial charge is 0.496 e. The maximum atomic E-state index is 6.29. The molecule has 0 aliphatic rings. The van der Waals surface area contributed by atoms with Gasteiger partial charge in [-0.15, -0.1) is 0 Å². The summed E-state index contributed by atoms with van der Waals surface area (Å²) in [5, 5.41) is 0. The van der Waals surface area contributed by atoms with Crippen molar-refractivity contribution in [1.82, 2.24) is 0 Å². The molecule has 0 unspecified atom stereocenters. The van der Waals surface area contributed by atoms with E-state index < -0.39 is 0 Å². The number of para-hydroxylation sites is 2. The predicted molar refractivity (Wildman–Crippen MR) is 113 cm³/mol. The average molecular weight is 358 g/mol. The summed E-state index contributed by atoms with van der Waals surface area (Å²) >= 11 is 0. The van der Waals surface area contributed by atoms with Gasteiger partial charge in [0, 0.05) is 16.7 Å². The smallest absolute Gasteiger partial charge is 0.135 e. The third-order valence-corrected chi connectivity index (χ3v) is 4.60. The Hall–Kier alpha value is -3.00. The summed E-state index contributed by atoms with van der Waals surface area (Å²) in [4.78, 5) is 0. The van der Waals surface area contributed by atoms with Crippen LogP contribution in [0.5, 0.6) is 11.5 Å². The van der Waals surface area contributed by atoms with Crippen LogP contribution in [0.15, 0.2) is 79.4 Å². The Labute approximate surface area is 162 Å². The Bertz CT molecular complexity index is 897. The van der Waals surface area contributed by atoms with Gasteiger partial charge in [0.25, 0.3) is 0 Å². The molecule has 0 aromatic heterocycles. The summed E-state index contributed by atoms with van der Waals surface area (Å²) in [7, 11) is 1.70. The van der Waals surface area contributed by atoms with E-state index in [-0.39, 0.29) is 0 Å². The fourth-order valence-corrected chi connectivity index (χ4v) is 3.12. The Morgan fingerprint density at radius 3 is 2.30 bits per heavy atom. The molecule has 0 spiro atoms. The molecule has 2 nitrogen and oxygen atoms in total.